The Morgan fingerprint density at radius 2 is 0.912 bits per heavy atom. The van der Waals surface area contributed by atoms with Gasteiger partial charge < -0.3 is 101 Å². The van der Waals surface area contributed by atoms with Gasteiger partial charge in [-0.1, -0.05) is 106 Å². The highest BCUT2D eigenvalue weighted by molar-refractivity contribution is 6.00. The molecule has 5 heterocycles. The van der Waals surface area contributed by atoms with Crippen LogP contribution < -0.4 is 47.9 Å². The molecule has 0 radical (unpaired) electrons. The second kappa shape index (κ2) is 45.5. The van der Waals surface area contributed by atoms with Crippen LogP contribution >= 0.6 is 0 Å². The van der Waals surface area contributed by atoms with Crippen molar-refractivity contribution in [1.82, 2.24) is 57.7 Å². The van der Waals surface area contributed by atoms with E-state index in [1.165, 1.54) is 23.0 Å². The number of aliphatic hydroxyl groups excluding tert-OH is 2. The summed E-state index contributed by atoms with van der Waals surface area (Å²) in [6.07, 6.45) is 2.19. The smallest absolute Gasteiger partial charge is 0.408 e. The summed E-state index contributed by atoms with van der Waals surface area (Å²) in [4.78, 5) is 153. The molecular weight excluding hydrogens is 1470 g/mol. The Morgan fingerprint density at radius 3 is 1.38 bits per heavy atom. The molecule has 32 nitrogen and oxygen atoms in total. The first kappa shape index (κ1) is 96.8. The molecule has 3 saturated heterocycles. The number of carbonyl (C=O) groups excluding carboxylic acids is 10. The van der Waals surface area contributed by atoms with Gasteiger partial charge in [-0.2, -0.15) is 0 Å². The molecule has 3 aliphatic heterocycles. The molecule has 0 aliphatic carbocycles. The van der Waals surface area contributed by atoms with Crippen molar-refractivity contribution >= 4 is 93.5 Å². The van der Waals surface area contributed by atoms with Crippen LogP contribution in [-0.2, 0) is 43.0 Å². The number of aliphatic hydroxyl groups is 2. The first-order valence-corrected chi connectivity index (χ1v) is 39.6. The largest absolute Gasteiger partial charge is 0.480 e. The van der Waals surface area contributed by atoms with Crippen LogP contribution in [0.5, 0.6) is 0 Å². The molecule has 0 saturated carbocycles. The van der Waals surface area contributed by atoms with E-state index in [2.05, 4.69) is 54.8 Å². The average molecular weight is 1600 g/mol. The van der Waals surface area contributed by atoms with E-state index < -0.39 is 126 Å². The Bertz CT molecular complexity index is 3760. The van der Waals surface area contributed by atoms with Gasteiger partial charge in [-0.05, 0) is 187 Å². The molecule has 3 aliphatic rings. The number of alkyl carbamates (subject to hydrolysis) is 2. The predicted molar refractivity (Wildman–Crippen MR) is 429 cm³/mol. The van der Waals surface area contributed by atoms with Gasteiger partial charge in [0, 0.05) is 35.4 Å². The number of esters is 1. The zero-order valence-electron chi connectivity index (χ0n) is 70.2. The van der Waals surface area contributed by atoms with Crippen LogP contribution in [0, 0.1) is 29.6 Å². The molecular formula is C82H129N11O21. The van der Waals surface area contributed by atoms with Gasteiger partial charge in [-0.15, -0.1) is 0 Å². The molecule has 7 rings (SSSR count). The maximum Gasteiger partial charge on any atom is 0.408 e. The number of nitrogens with one attached hydrogen (secondary N) is 9. The van der Waals surface area contributed by atoms with Crippen molar-refractivity contribution in [3.63, 3.8) is 0 Å². The maximum absolute atomic E-state index is 13.3. The second-order valence-electron chi connectivity index (χ2n) is 34.0. The molecule has 0 unspecified atom stereocenters. The van der Waals surface area contributed by atoms with E-state index in [-0.39, 0.29) is 90.4 Å². The number of carboxylic acids is 2. The van der Waals surface area contributed by atoms with Crippen LogP contribution in [-0.4, -0.2) is 218 Å². The lowest BCUT2D eigenvalue weighted by atomic mass is 10.0. The fourth-order valence-electron chi connectivity index (χ4n) is 12.9. The number of carboxylic acid groups (broad SMARTS) is 2. The summed E-state index contributed by atoms with van der Waals surface area (Å²) in [6.45, 7) is 35.7. The quantitative estimate of drug-likeness (QED) is 0.0217. The van der Waals surface area contributed by atoms with Gasteiger partial charge in [-0.25, -0.2) is 33.6 Å². The molecule has 0 spiro atoms. The van der Waals surface area contributed by atoms with Crippen molar-refractivity contribution in [2.45, 2.75) is 292 Å². The van der Waals surface area contributed by atoms with Gasteiger partial charge in [0.05, 0.1) is 50.5 Å². The molecule has 13 atom stereocenters. The fraction of sp³-hybridized carbons (Fsp3) is 0.659. The first-order chi connectivity index (χ1) is 53.1. The highest BCUT2D eigenvalue weighted by atomic mass is 16.6. The Hall–Kier alpha value is -9.56. The molecule has 2 aromatic heterocycles. The number of ether oxygens (including phenoxy) is 3. The number of para-hydroxylation sites is 2. The number of amides is 10. The molecule has 0 bridgehead atoms. The van der Waals surface area contributed by atoms with Crippen LogP contribution in [0.1, 0.15) is 223 Å². The minimum absolute atomic E-state index is 0.0174. The van der Waals surface area contributed by atoms with E-state index in [4.69, 9.17) is 28.2 Å². The normalized spacial score (nSPS) is 20.7. The SMILES string of the molecule is CC(C)C[C@H](NC(=O)N1CC(=O)[C@@H](NC(=O)[C@H](CC(C)C)NC(=O)c2cc3ccccc3o2)CC[C@H]1C)C(=O)O.CC(C)C[C@H](NC(=O)OC(C)(C)C)C(=O)N[C@H]1CC[C@@H](C)NC[C@@H]1O.COC(=O)[C@H](CC(C)C)NC(=O)N1C[C@H](O)[C@@H](NC(=O)[C@H](CC(C)C)NC(=O)OC(C)(C)C)CC[C@H]1C.O=C(O)c1cc2ccccc2o1. The first-order valence-electron chi connectivity index (χ1n) is 39.6. The molecule has 10 amide bonds. The molecule has 4 aromatic rings. The number of methoxy groups -OCH3 is 1. The van der Waals surface area contributed by atoms with E-state index in [0.717, 1.165) is 17.2 Å². The summed E-state index contributed by atoms with van der Waals surface area (Å²) in [7, 11) is 1.28. The molecule has 32 heteroatoms. The van der Waals surface area contributed by atoms with Crippen LogP contribution in [0.4, 0.5) is 19.2 Å². The van der Waals surface area contributed by atoms with E-state index >= 15 is 0 Å². The minimum Gasteiger partial charge on any atom is -0.480 e. The van der Waals surface area contributed by atoms with Crippen LogP contribution in [0.2, 0.25) is 0 Å². The number of furan rings is 2. The fourth-order valence-corrected chi connectivity index (χ4v) is 12.9. The van der Waals surface area contributed by atoms with Gasteiger partial charge in [0.2, 0.25) is 23.5 Å². The van der Waals surface area contributed by atoms with E-state index in [1.807, 2.05) is 100 Å². The number of Topliss-reactive ketones (excluding diaryl/α,β-unsaturated/α-hetero) is 1. The van der Waals surface area contributed by atoms with Crippen molar-refractivity contribution in [2.75, 3.05) is 26.7 Å². The number of urea groups is 2. The molecule has 114 heavy (non-hydrogen) atoms. The summed E-state index contributed by atoms with van der Waals surface area (Å²) in [5.74, 6) is -4.09. The predicted octanol–water partition coefficient (Wildman–Crippen LogP) is 9.55. The Kier molecular flexibility index (Phi) is 38.6. The van der Waals surface area contributed by atoms with Crippen LogP contribution in [0.15, 0.2) is 69.5 Å². The molecule has 13 N–H and O–H groups in total. The summed E-state index contributed by atoms with van der Waals surface area (Å²) in [6, 6.07) is 10.1. The van der Waals surface area contributed by atoms with Gasteiger partial charge in [-0.3, -0.25) is 24.0 Å². The van der Waals surface area contributed by atoms with Gasteiger partial charge in [0.15, 0.2) is 11.5 Å². The second-order valence-corrected chi connectivity index (χ2v) is 34.0. The number of aromatic carboxylic acids is 1. The van der Waals surface area contributed by atoms with Crippen molar-refractivity contribution in [2.24, 2.45) is 29.6 Å². The number of rotatable bonds is 25. The number of carbonyl (C=O) groups is 12. The number of benzene rings is 2. The van der Waals surface area contributed by atoms with Crippen LogP contribution in [0.3, 0.4) is 0 Å². The third-order valence-corrected chi connectivity index (χ3v) is 18.8. The number of nitrogens with zero attached hydrogens (tertiary/aromatic N) is 2. The number of fused-ring (bicyclic) bond motifs is 2. The van der Waals surface area contributed by atoms with Gasteiger partial charge in [0.1, 0.15) is 52.6 Å². The summed E-state index contributed by atoms with van der Waals surface area (Å²) >= 11 is 0. The van der Waals surface area contributed by atoms with E-state index in [0.29, 0.717) is 81.5 Å². The number of aliphatic carboxylic acids is 1. The standard InChI is InChI=1S/C29H40N4O7.C26H48N4O7.C18H35N3O4.C9H6O3/c1-16(2)12-21(31-27(36)25-14-19-8-6-7-9-24(19)40-25)26(35)30-20-11-10-18(5)33(15-23(20)34)29(39)32-22(28(37)38)13-17(3)4;1-15(2)12-19(29-25(35)37-26(6,7)8)22(32)27-18-11-10-17(5)30(14-21(18)31)24(34)28-20(13-16(3)4)23(33)36-9;1-11(2)9-14(21-17(24)25-18(4,5)6)16(23)20-13-8-7-12(3)19-10-15(13)22;10-9(11)8-5-6-3-1-2-4-7(6)12-8/h6-9,14,16-18,20-22H,10-13,15H2,1-5H3,(H,30,35)(H,31,36)(H,32,39)(H,37,38);15-21,31H,10-14H2,1-9H3,(H,27,32)(H,28,34)(H,29,35);11-15,19,22H,7-10H2,1-6H3,(H,20,23)(H,21,24);1-5H,(H,10,11)/t18-,20+,21+,22+;17-,18+,19+,20+,21+;12-,13+,14+,15+;/m111./s1. The van der Waals surface area contributed by atoms with Crippen molar-refractivity contribution in [3.05, 3.63) is 72.2 Å². The Labute approximate surface area is 669 Å². The zero-order chi connectivity index (χ0) is 85.8. The Balaban J connectivity index is 0.000000341. The lowest BCUT2D eigenvalue weighted by Gasteiger charge is -2.31. The summed E-state index contributed by atoms with van der Waals surface area (Å²) in [5.41, 5.74) is -0.164. The zero-order valence-corrected chi connectivity index (χ0v) is 70.2. The highest BCUT2D eigenvalue weighted by Crippen LogP contribution is 2.25. The number of ketones is 1. The van der Waals surface area contributed by atoms with Crippen molar-refractivity contribution in [1.29, 1.82) is 0 Å². The number of likely N-dealkylation sites (tertiary alicyclic amines) is 2. The number of hydrogen-bond acceptors (Lipinski definition) is 20. The monoisotopic (exact) mass is 1600 g/mol. The van der Waals surface area contributed by atoms with Crippen LogP contribution in [0.25, 0.3) is 21.9 Å². The van der Waals surface area contributed by atoms with Gasteiger partial charge >= 0.3 is 42.2 Å². The maximum atomic E-state index is 13.3. The molecule has 2 aromatic carbocycles. The van der Waals surface area contributed by atoms with E-state index in [9.17, 15) is 72.9 Å². The van der Waals surface area contributed by atoms with E-state index in [1.54, 1.807) is 78.8 Å². The topological polar surface area (TPSA) is 454 Å². The molecule has 638 valence electrons. The third kappa shape index (κ3) is 33.9. The lowest BCUT2D eigenvalue weighted by molar-refractivity contribution is -0.143. The third-order valence-electron chi connectivity index (χ3n) is 18.8. The highest BCUT2D eigenvalue weighted by Gasteiger charge is 2.39. The minimum atomic E-state index is -1.14. The summed E-state index contributed by atoms with van der Waals surface area (Å²) in [5, 5.41) is 65.9. The average Bonchev–Trinajstić information content (AvgIpc) is 1.68. The van der Waals surface area contributed by atoms with Gasteiger partial charge in [0.25, 0.3) is 5.91 Å². The number of hydrogen-bond donors (Lipinski definition) is 13. The van der Waals surface area contributed by atoms with Crippen molar-refractivity contribution < 1.29 is 101 Å². The lowest BCUT2D eigenvalue weighted by Crippen LogP contribution is -2.56. The van der Waals surface area contributed by atoms with Crippen molar-refractivity contribution in [3.8, 4) is 0 Å². The molecule has 3 fully saturated rings. The Morgan fingerprint density at radius 1 is 0.509 bits per heavy atom. The summed E-state index contributed by atoms with van der Waals surface area (Å²) < 4.78 is 26.0. The number of β-amino-alcohol motifs (C(OH)–C–C–N with tert-alkyl or cyclic N) is 2.